The SMILES string of the molecule is C1=CC2Sc3ccccc3C2c2ccc3c(c21)c1c2ccccc2ccc1n3-c1nc2ccccc2nc1-c1ccccc1. The summed E-state index contributed by atoms with van der Waals surface area (Å²) in [5, 5.41) is 5.47. The van der Waals surface area contributed by atoms with Gasteiger partial charge in [0, 0.05) is 32.4 Å². The number of para-hydroxylation sites is 2. The Balaban J connectivity index is 1.37. The largest absolute Gasteiger partial charge is 0.292 e. The van der Waals surface area contributed by atoms with E-state index in [1.54, 1.807) is 0 Å². The van der Waals surface area contributed by atoms with Crippen LogP contribution >= 0.6 is 11.8 Å². The van der Waals surface area contributed by atoms with Gasteiger partial charge in [-0.2, -0.15) is 0 Å². The van der Waals surface area contributed by atoms with Gasteiger partial charge < -0.3 is 0 Å². The predicted octanol–water partition coefficient (Wildman–Crippen LogP) is 10.2. The molecule has 0 saturated carbocycles. The molecule has 2 unspecified atom stereocenters. The Morgan fingerprint density at radius 2 is 1.32 bits per heavy atom. The Hall–Kier alpha value is -5.19. The van der Waals surface area contributed by atoms with Crippen molar-refractivity contribution in [3.63, 3.8) is 0 Å². The molecule has 4 heteroatoms. The molecule has 0 spiro atoms. The van der Waals surface area contributed by atoms with Crippen molar-refractivity contribution in [1.82, 2.24) is 14.5 Å². The van der Waals surface area contributed by atoms with Crippen LogP contribution in [0.3, 0.4) is 0 Å². The maximum Gasteiger partial charge on any atom is 0.165 e. The topological polar surface area (TPSA) is 30.7 Å². The summed E-state index contributed by atoms with van der Waals surface area (Å²) in [5.41, 5.74) is 10.2. The van der Waals surface area contributed by atoms with Crippen LogP contribution in [-0.2, 0) is 0 Å². The molecule has 0 bridgehead atoms. The van der Waals surface area contributed by atoms with E-state index in [9.17, 15) is 0 Å². The van der Waals surface area contributed by atoms with Crippen molar-refractivity contribution in [3.05, 3.63) is 150 Å². The van der Waals surface area contributed by atoms with Crippen LogP contribution in [0.25, 0.3) is 66.8 Å². The normalized spacial score (nSPS) is 16.9. The Bertz CT molecular complexity index is 2490. The fourth-order valence-electron chi connectivity index (χ4n) is 7.45. The van der Waals surface area contributed by atoms with Crippen LogP contribution in [0.15, 0.2) is 138 Å². The minimum Gasteiger partial charge on any atom is -0.292 e. The van der Waals surface area contributed by atoms with Crippen molar-refractivity contribution in [2.24, 2.45) is 0 Å². The van der Waals surface area contributed by atoms with Crippen LogP contribution in [0.2, 0.25) is 0 Å². The highest BCUT2D eigenvalue weighted by Crippen LogP contribution is 2.54. The second-order valence-corrected chi connectivity index (χ2v) is 12.9. The summed E-state index contributed by atoms with van der Waals surface area (Å²) >= 11 is 1.99. The molecule has 0 amide bonds. The third-order valence-electron chi connectivity index (χ3n) is 9.34. The van der Waals surface area contributed by atoms with E-state index in [0.717, 1.165) is 39.1 Å². The number of hydrogen-bond acceptors (Lipinski definition) is 3. The van der Waals surface area contributed by atoms with E-state index in [1.807, 2.05) is 30.0 Å². The van der Waals surface area contributed by atoms with E-state index >= 15 is 0 Å². The van der Waals surface area contributed by atoms with Crippen LogP contribution in [0, 0.1) is 0 Å². The highest BCUT2D eigenvalue weighted by Gasteiger charge is 2.37. The van der Waals surface area contributed by atoms with Crippen LogP contribution in [0.4, 0.5) is 0 Å². The van der Waals surface area contributed by atoms with Gasteiger partial charge in [0.05, 0.1) is 22.1 Å². The average molecular weight is 580 g/mol. The fourth-order valence-corrected chi connectivity index (χ4v) is 8.82. The van der Waals surface area contributed by atoms with Crippen molar-refractivity contribution in [2.45, 2.75) is 16.1 Å². The molecule has 2 aliphatic rings. The smallest absolute Gasteiger partial charge is 0.165 e. The number of hydrogen-bond donors (Lipinski definition) is 0. The summed E-state index contributed by atoms with van der Waals surface area (Å²) in [4.78, 5) is 12.0. The van der Waals surface area contributed by atoms with E-state index in [4.69, 9.17) is 9.97 Å². The molecule has 10 rings (SSSR count). The van der Waals surface area contributed by atoms with Crippen molar-refractivity contribution >= 4 is 61.4 Å². The molecule has 206 valence electrons. The maximum absolute atomic E-state index is 5.35. The molecule has 0 radical (unpaired) electrons. The van der Waals surface area contributed by atoms with Crippen molar-refractivity contribution in [3.8, 4) is 17.1 Å². The average Bonchev–Trinajstić information content (AvgIpc) is 3.64. The zero-order chi connectivity index (χ0) is 28.8. The first-order valence-electron chi connectivity index (χ1n) is 15.1. The Morgan fingerprint density at radius 1 is 0.591 bits per heavy atom. The van der Waals surface area contributed by atoms with Gasteiger partial charge in [0.1, 0.15) is 5.69 Å². The summed E-state index contributed by atoms with van der Waals surface area (Å²) in [5.74, 6) is 1.19. The van der Waals surface area contributed by atoms with Gasteiger partial charge in [-0.25, -0.2) is 9.97 Å². The molecule has 2 aromatic heterocycles. The molecule has 8 aromatic rings. The molecule has 0 N–H and O–H groups in total. The molecule has 1 aliphatic heterocycles. The van der Waals surface area contributed by atoms with E-state index in [0.29, 0.717) is 11.2 Å². The number of nitrogens with zero attached hydrogens (tertiary/aromatic N) is 3. The first kappa shape index (κ1) is 24.3. The van der Waals surface area contributed by atoms with Gasteiger partial charge in [-0.15, -0.1) is 11.8 Å². The minimum atomic E-state index is 0.342. The monoisotopic (exact) mass is 579 g/mol. The number of thioether (sulfide) groups is 1. The zero-order valence-electron chi connectivity index (χ0n) is 23.7. The lowest BCUT2D eigenvalue weighted by Crippen LogP contribution is -2.14. The molecule has 44 heavy (non-hydrogen) atoms. The van der Waals surface area contributed by atoms with E-state index in [1.165, 1.54) is 43.1 Å². The lowest BCUT2D eigenvalue weighted by molar-refractivity contribution is 0.846. The zero-order valence-corrected chi connectivity index (χ0v) is 24.5. The lowest BCUT2D eigenvalue weighted by Gasteiger charge is -2.25. The van der Waals surface area contributed by atoms with Crippen molar-refractivity contribution < 1.29 is 0 Å². The van der Waals surface area contributed by atoms with Gasteiger partial charge in [0.2, 0.25) is 0 Å². The summed E-state index contributed by atoms with van der Waals surface area (Å²) in [6, 6.07) is 45.5. The van der Waals surface area contributed by atoms with Crippen LogP contribution in [0.1, 0.15) is 22.6 Å². The van der Waals surface area contributed by atoms with Crippen molar-refractivity contribution in [1.29, 1.82) is 0 Å². The maximum atomic E-state index is 5.35. The molecule has 6 aromatic carbocycles. The standard InChI is InChI=1S/C40H25N3S/c1-2-11-25(12-3-1)39-40(42-31-16-8-7-15-30(31)41-39)43-32-21-18-24-10-4-5-13-26(24)37(32)38-28-20-23-35-36(27(28)19-22-33(38)43)29-14-6-9-17-34(29)44-35/h1-23,35-36H. The molecule has 2 atom stereocenters. The van der Waals surface area contributed by atoms with Crippen molar-refractivity contribution in [2.75, 3.05) is 0 Å². The van der Waals surface area contributed by atoms with Gasteiger partial charge >= 0.3 is 0 Å². The summed E-state index contributed by atoms with van der Waals surface area (Å²) in [6.45, 7) is 0. The molecule has 0 fully saturated rings. The summed E-state index contributed by atoms with van der Waals surface area (Å²) < 4.78 is 2.36. The number of aromatic nitrogens is 3. The molecular weight excluding hydrogens is 555 g/mol. The van der Waals surface area contributed by atoms with E-state index in [-0.39, 0.29) is 0 Å². The third-order valence-corrected chi connectivity index (χ3v) is 10.7. The molecule has 3 nitrogen and oxygen atoms in total. The van der Waals surface area contributed by atoms with Crippen LogP contribution < -0.4 is 0 Å². The number of fused-ring (bicyclic) bond motifs is 12. The third kappa shape index (κ3) is 3.34. The number of rotatable bonds is 2. The van der Waals surface area contributed by atoms with Gasteiger partial charge in [0.15, 0.2) is 5.82 Å². The molecule has 3 heterocycles. The first-order chi connectivity index (χ1) is 21.8. The summed E-state index contributed by atoms with van der Waals surface area (Å²) in [7, 11) is 0. The predicted molar refractivity (Wildman–Crippen MR) is 184 cm³/mol. The number of benzene rings is 6. The Kier molecular flexibility index (Phi) is 5.05. The fraction of sp³-hybridized carbons (Fsp3) is 0.0500. The highest BCUT2D eigenvalue weighted by atomic mass is 32.2. The molecule has 1 aliphatic carbocycles. The van der Waals surface area contributed by atoms with Crippen LogP contribution in [-0.4, -0.2) is 19.8 Å². The minimum absolute atomic E-state index is 0.342. The van der Waals surface area contributed by atoms with E-state index < -0.39 is 0 Å². The van der Waals surface area contributed by atoms with Gasteiger partial charge in [-0.3, -0.25) is 4.57 Å². The second-order valence-electron chi connectivity index (χ2n) is 11.7. The Morgan fingerprint density at radius 3 is 2.23 bits per heavy atom. The molecular formula is C40H25N3S. The first-order valence-corrected chi connectivity index (χ1v) is 16.0. The van der Waals surface area contributed by atoms with Crippen LogP contribution in [0.5, 0.6) is 0 Å². The van der Waals surface area contributed by atoms with Gasteiger partial charge in [-0.05, 0) is 57.8 Å². The van der Waals surface area contributed by atoms with Gasteiger partial charge in [-0.1, -0.05) is 109 Å². The quantitative estimate of drug-likeness (QED) is 0.204. The summed E-state index contributed by atoms with van der Waals surface area (Å²) in [6.07, 6.45) is 4.81. The van der Waals surface area contributed by atoms with Gasteiger partial charge in [0.25, 0.3) is 0 Å². The molecule has 0 saturated heterocycles. The van der Waals surface area contributed by atoms with E-state index in [2.05, 4.69) is 126 Å². The second kappa shape index (κ2) is 9.15. The lowest BCUT2D eigenvalue weighted by atomic mass is 9.80. The Labute approximate surface area is 258 Å². The highest BCUT2D eigenvalue weighted by molar-refractivity contribution is 8.00.